The Morgan fingerprint density at radius 1 is 1.07 bits per heavy atom. The summed E-state index contributed by atoms with van der Waals surface area (Å²) < 4.78 is 40.5. The van der Waals surface area contributed by atoms with Gasteiger partial charge in [0.15, 0.2) is 8.24 Å². The predicted octanol–water partition coefficient (Wildman–Crippen LogP) is 3.05. The monoisotopic (exact) mass is 257 g/mol. The van der Waals surface area contributed by atoms with E-state index in [0.717, 1.165) is 0 Å². The normalized spacial score (nSPS) is 13.9. The topological polar surface area (TPSA) is 20.3 Å². The van der Waals surface area contributed by atoms with Crippen LogP contribution in [0, 0.1) is 0 Å². The number of hydrogen-bond donors (Lipinski definition) is 0. The van der Waals surface area contributed by atoms with Crippen molar-refractivity contribution in [2.75, 3.05) is 0 Å². The number of hydrogen-bond acceptors (Lipinski definition) is 1. The summed E-state index contributed by atoms with van der Waals surface area (Å²) in [7, 11) is -5.68. The molecule has 0 unspecified atom stereocenters. The molecule has 15 heavy (non-hydrogen) atoms. The van der Waals surface area contributed by atoms with Crippen LogP contribution in [0.4, 0.5) is 13.3 Å². The van der Waals surface area contributed by atoms with E-state index in [-0.39, 0.29) is 4.79 Å². The Morgan fingerprint density at radius 2 is 1.40 bits per heavy atom. The van der Waals surface area contributed by atoms with Gasteiger partial charge in [-0.25, -0.2) is 13.6 Å². The molecular weight excluding hydrogens is 239 g/mol. The summed E-state index contributed by atoms with van der Waals surface area (Å²) in [6.45, 7) is 8.57. The van der Waals surface area contributed by atoms with Gasteiger partial charge in [0.05, 0.1) is 0 Å². The molecule has 7 heteroatoms. The summed E-state index contributed by atoms with van der Waals surface area (Å²) >= 11 is 0. The lowest BCUT2D eigenvalue weighted by molar-refractivity contribution is -0.154. The Morgan fingerprint density at radius 3 is 1.60 bits per heavy atom. The smallest absolute Gasteiger partial charge is 0.267 e. The van der Waals surface area contributed by atoms with Crippen molar-refractivity contribution in [3.63, 3.8) is 0 Å². The van der Waals surface area contributed by atoms with Crippen molar-refractivity contribution in [1.29, 1.82) is 0 Å². The van der Waals surface area contributed by atoms with Crippen LogP contribution in [0.15, 0.2) is 0 Å². The van der Waals surface area contributed by atoms with E-state index in [2.05, 4.69) is 0 Å². The van der Waals surface area contributed by atoms with Crippen LogP contribution in [0.2, 0.25) is 39.3 Å². The van der Waals surface area contributed by atoms with E-state index in [0.29, 0.717) is 0 Å². The molecule has 0 aromatic heterocycles. The molecule has 0 rings (SSSR count). The first-order valence-corrected chi connectivity index (χ1v) is 11.6. The molecule has 0 atom stereocenters. The molecule has 0 N–H and O–H groups in total. The molecule has 2 nitrogen and oxygen atoms in total. The Hall–Kier alpha value is -0.306. The first-order chi connectivity index (χ1) is 6.32. The Labute approximate surface area is 90.5 Å². The number of amides is 1. The van der Waals surface area contributed by atoms with Gasteiger partial charge in [0.25, 0.3) is 0 Å². The second-order valence-electron chi connectivity index (χ2n) is 5.58. The van der Waals surface area contributed by atoms with Crippen LogP contribution >= 0.6 is 0 Å². The minimum Gasteiger partial charge on any atom is -0.267 e. The minimum atomic E-state index is -3.54. The summed E-state index contributed by atoms with van der Waals surface area (Å²) in [4.78, 5) is 11.1. The average Bonchev–Trinajstić information content (AvgIpc) is 1.97. The highest BCUT2D eigenvalue weighted by molar-refractivity contribution is 6.83. The first-order valence-electron chi connectivity index (χ1n) is 4.70. The molecule has 0 spiro atoms. The molecule has 0 radical (unpaired) electrons. The second kappa shape index (κ2) is 3.93. The standard InChI is InChI=1S/C8H18F3NOSi2/c1-14(2,3)8(9,10)7(13)12(11)15(4,5)6/h1-6H3. The van der Waals surface area contributed by atoms with E-state index in [1.807, 2.05) is 0 Å². The summed E-state index contributed by atoms with van der Waals surface area (Å²) in [5, 5.41) is 0. The third kappa shape index (κ3) is 3.07. The van der Waals surface area contributed by atoms with Gasteiger partial charge in [0.1, 0.15) is 8.07 Å². The third-order valence-corrected chi connectivity index (χ3v) is 5.46. The number of carbonyl (C=O) groups excluding carboxylic acids is 1. The van der Waals surface area contributed by atoms with Crippen molar-refractivity contribution in [2.24, 2.45) is 0 Å². The summed E-state index contributed by atoms with van der Waals surface area (Å²) in [5.41, 5.74) is -3.54. The molecule has 0 aliphatic heterocycles. The fourth-order valence-electron chi connectivity index (χ4n) is 0.749. The molecule has 1 amide bonds. The van der Waals surface area contributed by atoms with Crippen LogP contribution in [-0.4, -0.2) is 32.5 Å². The molecule has 0 aliphatic carbocycles. The van der Waals surface area contributed by atoms with Crippen molar-refractivity contribution in [2.45, 2.75) is 44.8 Å². The second-order valence-corrected chi connectivity index (χ2v) is 15.4. The maximum Gasteiger partial charge on any atom is 0.307 e. The minimum absolute atomic E-state index is 0.231. The fraction of sp³-hybridized carbons (Fsp3) is 0.875. The van der Waals surface area contributed by atoms with E-state index in [1.54, 1.807) is 0 Å². The van der Waals surface area contributed by atoms with Gasteiger partial charge < -0.3 is 0 Å². The molecule has 0 aliphatic rings. The van der Waals surface area contributed by atoms with Crippen molar-refractivity contribution in [1.82, 2.24) is 4.79 Å². The van der Waals surface area contributed by atoms with Gasteiger partial charge >= 0.3 is 11.5 Å². The largest absolute Gasteiger partial charge is 0.307 e. The maximum absolute atomic E-state index is 13.6. The number of rotatable bonds is 3. The van der Waals surface area contributed by atoms with Gasteiger partial charge in [-0.05, 0) is 19.6 Å². The lowest BCUT2D eigenvalue weighted by atomic mass is 10.7. The van der Waals surface area contributed by atoms with Gasteiger partial charge in [0.2, 0.25) is 0 Å². The number of carbonyl (C=O) groups is 1. The van der Waals surface area contributed by atoms with Gasteiger partial charge in [-0.2, -0.15) is 0 Å². The van der Waals surface area contributed by atoms with E-state index in [4.69, 9.17) is 0 Å². The number of nitrogens with zero attached hydrogens (tertiary/aromatic N) is 1. The lowest BCUT2D eigenvalue weighted by Crippen LogP contribution is -2.59. The molecule has 0 bridgehead atoms. The van der Waals surface area contributed by atoms with Crippen LogP contribution in [0.25, 0.3) is 0 Å². The molecule has 0 saturated carbocycles. The summed E-state index contributed by atoms with van der Waals surface area (Å²) in [5.74, 6) is -1.67. The molecule has 90 valence electrons. The fourth-order valence-corrected chi connectivity index (χ4v) is 2.35. The number of halogens is 3. The molecule has 0 heterocycles. The van der Waals surface area contributed by atoms with Crippen molar-refractivity contribution in [3.8, 4) is 0 Å². The zero-order chi connectivity index (χ0) is 12.7. The summed E-state index contributed by atoms with van der Waals surface area (Å²) in [6.07, 6.45) is 0. The quantitative estimate of drug-likeness (QED) is 0.562. The Bertz CT molecular complexity index is 258. The van der Waals surface area contributed by atoms with Crippen molar-refractivity contribution < 1.29 is 18.1 Å². The van der Waals surface area contributed by atoms with Crippen LogP contribution < -0.4 is 0 Å². The third-order valence-electron chi connectivity index (χ3n) is 1.98. The van der Waals surface area contributed by atoms with E-state index < -0.39 is 27.8 Å². The number of alkyl halides is 2. The SMILES string of the molecule is C[Si](C)(C)N(F)C(=O)C(F)(F)[Si](C)(C)C. The first kappa shape index (κ1) is 14.7. The maximum atomic E-state index is 13.6. The molecule has 0 fully saturated rings. The van der Waals surface area contributed by atoms with Crippen molar-refractivity contribution >= 4 is 22.2 Å². The van der Waals surface area contributed by atoms with E-state index in [9.17, 15) is 18.1 Å². The van der Waals surface area contributed by atoms with Gasteiger partial charge in [-0.15, -0.1) is 4.48 Å². The highest BCUT2D eigenvalue weighted by Crippen LogP contribution is 2.31. The highest BCUT2D eigenvalue weighted by atomic mass is 28.3. The Kier molecular flexibility index (Phi) is 3.85. The highest BCUT2D eigenvalue weighted by Gasteiger charge is 2.55. The lowest BCUT2D eigenvalue weighted by Gasteiger charge is -2.33. The van der Waals surface area contributed by atoms with Crippen LogP contribution in [0.3, 0.4) is 0 Å². The van der Waals surface area contributed by atoms with E-state index >= 15 is 0 Å². The van der Waals surface area contributed by atoms with Crippen LogP contribution in [0.1, 0.15) is 0 Å². The Balaban J connectivity index is 5.04. The zero-order valence-electron chi connectivity index (χ0n) is 9.99. The molecule has 0 saturated heterocycles. The van der Waals surface area contributed by atoms with Crippen LogP contribution in [-0.2, 0) is 4.79 Å². The average molecular weight is 257 g/mol. The van der Waals surface area contributed by atoms with E-state index in [1.165, 1.54) is 39.3 Å². The van der Waals surface area contributed by atoms with Gasteiger partial charge in [-0.3, -0.25) is 4.79 Å². The van der Waals surface area contributed by atoms with Crippen molar-refractivity contribution in [3.05, 3.63) is 0 Å². The van der Waals surface area contributed by atoms with Crippen LogP contribution in [0.5, 0.6) is 0 Å². The summed E-state index contributed by atoms with van der Waals surface area (Å²) in [6, 6.07) is 0. The molecule has 0 aromatic carbocycles. The molecular formula is C8H18F3NOSi2. The molecule has 0 aromatic rings. The van der Waals surface area contributed by atoms with Gasteiger partial charge in [0, 0.05) is 0 Å². The predicted molar refractivity (Wildman–Crippen MR) is 59.6 cm³/mol. The van der Waals surface area contributed by atoms with Gasteiger partial charge in [-0.1, -0.05) is 19.6 Å². The zero-order valence-corrected chi connectivity index (χ0v) is 12.0.